The van der Waals surface area contributed by atoms with Crippen molar-refractivity contribution in [2.45, 2.75) is 44.2 Å². The van der Waals surface area contributed by atoms with Crippen LogP contribution in [0.25, 0.3) is 0 Å². The van der Waals surface area contributed by atoms with Gasteiger partial charge in [0.2, 0.25) is 5.89 Å². The van der Waals surface area contributed by atoms with Crippen molar-refractivity contribution in [3.05, 3.63) is 11.7 Å². The number of ether oxygens (including phenoxy) is 2. The molecule has 6 nitrogen and oxygen atoms in total. The summed E-state index contributed by atoms with van der Waals surface area (Å²) in [5.41, 5.74) is 0. The van der Waals surface area contributed by atoms with E-state index in [-0.39, 0.29) is 18.1 Å². The lowest BCUT2D eigenvalue weighted by Gasteiger charge is -2.14. The molecule has 0 aliphatic carbocycles. The van der Waals surface area contributed by atoms with Crippen LogP contribution < -0.4 is 5.32 Å². The van der Waals surface area contributed by atoms with Gasteiger partial charge < -0.3 is 19.3 Å². The largest absolute Gasteiger partial charge is 0.379 e. The molecule has 3 unspecified atom stereocenters. The third-order valence-corrected chi connectivity index (χ3v) is 3.78. The number of hydrogen-bond acceptors (Lipinski definition) is 6. The van der Waals surface area contributed by atoms with E-state index in [4.69, 9.17) is 14.0 Å². The summed E-state index contributed by atoms with van der Waals surface area (Å²) in [7, 11) is 0. The van der Waals surface area contributed by atoms with Gasteiger partial charge in [0, 0.05) is 19.1 Å². The fraction of sp³-hybridized carbons (Fsp3) is 0.846. The van der Waals surface area contributed by atoms with Crippen LogP contribution in [0.15, 0.2) is 4.52 Å². The quantitative estimate of drug-likeness (QED) is 0.854. The van der Waals surface area contributed by atoms with Crippen molar-refractivity contribution >= 4 is 0 Å². The normalized spacial score (nSPS) is 31.1. The van der Waals surface area contributed by atoms with Gasteiger partial charge in [-0.1, -0.05) is 12.1 Å². The van der Waals surface area contributed by atoms with E-state index in [1.54, 1.807) is 0 Å². The third-order valence-electron chi connectivity index (χ3n) is 3.78. The van der Waals surface area contributed by atoms with E-state index < -0.39 is 0 Å². The number of hydrogen-bond donors (Lipinski definition) is 1. The Bertz CT molecular complexity index is 404. The molecule has 2 aliphatic rings. The molecule has 1 N–H and O–H groups in total. The summed E-state index contributed by atoms with van der Waals surface area (Å²) >= 11 is 0. The fourth-order valence-electron chi connectivity index (χ4n) is 2.77. The average Bonchev–Trinajstić information content (AvgIpc) is 3.11. The minimum atomic E-state index is 0.172. The van der Waals surface area contributed by atoms with Gasteiger partial charge in [-0.3, -0.25) is 0 Å². The average molecular weight is 267 g/mol. The van der Waals surface area contributed by atoms with Crippen molar-refractivity contribution in [1.29, 1.82) is 0 Å². The third kappa shape index (κ3) is 2.96. The highest BCUT2D eigenvalue weighted by atomic mass is 16.5. The molecule has 3 atom stereocenters. The predicted molar refractivity (Wildman–Crippen MR) is 68.0 cm³/mol. The molecular formula is C13H21N3O3. The molecule has 2 aliphatic heterocycles. The van der Waals surface area contributed by atoms with Crippen LogP contribution in [0.1, 0.15) is 37.4 Å². The van der Waals surface area contributed by atoms with Crippen molar-refractivity contribution in [1.82, 2.24) is 15.5 Å². The van der Waals surface area contributed by atoms with Gasteiger partial charge in [0.05, 0.1) is 25.2 Å². The van der Waals surface area contributed by atoms with Crippen molar-refractivity contribution in [2.24, 2.45) is 0 Å². The summed E-state index contributed by atoms with van der Waals surface area (Å²) in [6.45, 7) is 5.23. The monoisotopic (exact) mass is 267 g/mol. The second-order valence-electron chi connectivity index (χ2n) is 5.20. The first-order valence-electron chi connectivity index (χ1n) is 7.12. The van der Waals surface area contributed by atoms with Crippen LogP contribution in [0.5, 0.6) is 0 Å². The summed E-state index contributed by atoms with van der Waals surface area (Å²) < 4.78 is 16.5. The minimum Gasteiger partial charge on any atom is -0.379 e. The van der Waals surface area contributed by atoms with Crippen molar-refractivity contribution in [3.63, 3.8) is 0 Å². The van der Waals surface area contributed by atoms with Crippen LogP contribution >= 0.6 is 0 Å². The maximum absolute atomic E-state index is 5.59. The standard InChI is InChI=1S/C13H21N3O3/c1-2-14-11-8-17-7-10(11)13-15-12(16-19-13)6-9-4-3-5-18-9/h9-11,14H,2-8H2,1H3. The summed E-state index contributed by atoms with van der Waals surface area (Å²) in [6.07, 6.45) is 3.24. The zero-order valence-electron chi connectivity index (χ0n) is 11.3. The summed E-state index contributed by atoms with van der Waals surface area (Å²) in [5.74, 6) is 1.62. The minimum absolute atomic E-state index is 0.172. The zero-order valence-corrected chi connectivity index (χ0v) is 11.3. The first-order chi connectivity index (χ1) is 9.36. The maximum atomic E-state index is 5.59. The van der Waals surface area contributed by atoms with Crippen molar-refractivity contribution in [2.75, 3.05) is 26.4 Å². The lowest BCUT2D eigenvalue weighted by Crippen LogP contribution is -2.34. The topological polar surface area (TPSA) is 69.4 Å². The van der Waals surface area contributed by atoms with Gasteiger partial charge >= 0.3 is 0 Å². The number of likely N-dealkylation sites (N-methyl/N-ethyl adjacent to an activating group) is 1. The van der Waals surface area contributed by atoms with E-state index in [1.807, 2.05) is 0 Å². The van der Waals surface area contributed by atoms with Gasteiger partial charge in [0.25, 0.3) is 0 Å². The van der Waals surface area contributed by atoms with E-state index >= 15 is 0 Å². The molecule has 2 fully saturated rings. The van der Waals surface area contributed by atoms with Crippen LogP contribution in [-0.4, -0.2) is 48.7 Å². The van der Waals surface area contributed by atoms with Gasteiger partial charge in [-0.05, 0) is 19.4 Å². The van der Waals surface area contributed by atoms with Gasteiger partial charge in [-0.2, -0.15) is 4.98 Å². The van der Waals surface area contributed by atoms with E-state index in [0.29, 0.717) is 19.1 Å². The van der Waals surface area contributed by atoms with Crippen LogP contribution in [0.2, 0.25) is 0 Å². The maximum Gasteiger partial charge on any atom is 0.233 e. The SMILES string of the molecule is CCNC1COCC1c1nc(CC2CCCO2)no1. The Morgan fingerprint density at radius 2 is 2.32 bits per heavy atom. The Kier molecular flexibility index (Phi) is 4.10. The molecule has 1 aromatic heterocycles. The van der Waals surface area contributed by atoms with Crippen molar-refractivity contribution < 1.29 is 14.0 Å². The molecule has 0 bridgehead atoms. The second-order valence-corrected chi connectivity index (χ2v) is 5.20. The Labute approximate surface area is 112 Å². The predicted octanol–water partition coefficient (Wildman–Crippen LogP) is 0.883. The highest BCUT2D eigenvalue weighted by Crippen LogP contribution is 2.25. The van der Waals surface area contributed by atoms with Crippen LogP contribution in [0.4, 0.5) is 0 Å². The molecule has 0 amide bonds. The molecule has 2 saturated heterocycles. The van der Waals surface area contributed by atoms with Gasteiger partial charge in [-0.15, -0.1) is 0 Å². The molecule has 0 spiro atoms. The van der Waals surface area contributed by atoms with Gasteiger partial charge in [0.15, 0.2) is 5.82 Å². The molecular weight excluding hydrogens is 246 g/mol. The first-order valence-corrected chi connectivity index (χ1v) is 7.12. The lowest BCUT2D eigenvalue weighted by atomic mass is 10.0. The lowest BCUT2D eigenvalue weighted by molar-refractivity contribution is 0.109. The second kappa shape index (κ2) is 5.98. The fourth-order valence-corrected chi connectivity index (χ4v) is 2.77. The molecule has 6 heteroatoms. The summed E-state index contributed by atoms with van der Waals surface area (Å²) in [5, 5.41) is 7.47. The smallest absolute Gasteiger partial charge is 0.233 e. The van der Waals surface area contributed by atoms with E-state index in [1.165, 1.54) is 0 Å². The Hall–Kier alpha value is -0.980. The number of rotatable bonds is 5. The first kappa shape index (κ1) is 13.0. The molecule has 0 saturated carbocycles. The Morgan fingerprint density at radius 3 is 3.11 bits per heavy atom. The molecule has 19 heavy (non-hydrogen) atoms. The number of aromatic nitrogens is 2. The van der Waals surface area contributed by atoms with E-state index in [2.05, 4.69) is 22.4 Å². The highest BCUT2D eigenvalue weighted by molar-refractivity contribution is 5.03. The molecule has 1 aromatic rings. The molecule has 3 heterocycles. The van der Waals surface area contributed by atoms with Crippen molar-refractivity contribution in [3.8, 4) is 0 Å². The zero-order chi connectivity index (χ0) is 13.1. The van der Waals surface area contributed by atoms with Gasteiger partial charge in [0.1, 0.15) is 0 Å². The van der Waals surface area contributed by atoms with Crippen LogP contribution in [0.3, 0.4) is 0 Å². The Morgan fingerprint density at radius 1 is 1.37 bits per heavy atom. The highest BCUT2D eigenvalue weighted by Gasteiger charge is 2.33. The van der Waals surface area contributed by atoms with E-state index in [0.717, 1.165) is 38.2 Å². The Balaban J connectivity index is 1.63. The summed E-state index contributed by atoms with van der Waals surface area (Å²) in [4.78, 5) is 4.51. The molecule has 106 valence electrons. The van der Waals surface area contributed by atoms with E-state index in [9.17, 15) is 0 Å². The molecule has 0 aromatic carbocycles. The molecule has 0 radical (unpaired) electrons. The van der Waals surface area contributed by atoms with Crippen LogP contribution in [-0.2, 0) is 15.9 Å². The number of nitrogens with one attached hydrogen (secondary N) is 1. The number of nitrogens with zero attached hydrogens (tertiary/aromatic N) is 2. The van der Waals surface area contributed by atoms with Crippen LogP contribution in [0, 0.1) is 0 Å². The molecule has 3 rings (SSSR count). The van der Waals surface area contributed by atoms with Gasteiger partial charge in [-0.25, -0.2) is 0 Å². The summed E-state index contributed by atoms with van der Waals surface area (Å²) in [6, 6.07) is 0.279.